The average molecular weight is 398 g/mol. The molecule has 148 valence electrons. The zero-order chi connectivity index (χ0) is 19.6. The minimum atomic E-state index is -2.93. The molecule has 1 N–H and O–H groups in total. The van der Waals surface area contributed by atoms with Crippen LogP contribution in [0.4, 0.5) is 8.78 Å². The van der Waals surface area contributed by atoms with Crippen molar-refractivity contribution in [3.05, 3.63) is 23.2 Å². The third kappa shape index (κ3) is 5.35. The normalized spacial score (nSPS) is 20.9. The topological polar surface area (TPSA) is 60.5 Å². The lowest BCUT2D eigenvalue weighted by molar-refractivity contribution is -0.120. The molecule has 1 aromatic heterocycles. The van der Waals surface area contributed by atoms with Gasteiger partial charge in [0.05, 0.1) is 29.5 Å². The van der Waals surface area contributed by atoms with Crippen LogP contribution in [0.15, 0.2) is 18.2 Å². The molecule has 5 nitrogen and oxygen atoms in total. The molecule has 27 heavy (non-hydrogen) atoms. The molecule has 0 saturated heterocycles. The number of carbonyl (C=O) groups is 1. The molecule has 1 aromatic carbocycles. The zero-order valence-electron chi connectivity index (χ0n) is 15.6. The quantitative estimate of drug-likeness (QED) is 0.727. The van der Waals surface area contributed by atoms with Crippen molar-refractivity contribution >= 4 is 27.5 Å². The van der Waals surface area contributed by atoms with E-state index in [0.717, 1.165) is 31.1 Å². The van der Waals surface area contributed by atoms with Crippen molar-refractivity contribution in [1.82, 2.24) is 10.3 Å². The van der Waals surface area contributed by atoms with Crippen LogP contribution in [0, 0.1) is 5.92 Å². The first-order chi connectivity index (χ1) is 12.7. The van der Waals surface area contributed by atoms with Crippen LogP contribution in [0.2, 0.25) is 0 Å². The molecule has 1 aliphatic carbocycles. The lowest BCUT2D eigenvalue weighted by Crippen LogP contribution is -2.40. The molecular weight excluding hydrogens is 374 g/mol. The van der Waals surface area contributed by atoms with Crippen molar-refractivity contribution in [2.75, 3.05) is 13.2 Å². The molecule has 3 rings (SSSR count). The van der Waals surface area contributed by atoms with Gasteiger partial charge in [0.15, 0.2) is 5.01 Å². The van der Waals surface area contributed by atoms with Gasteiger partial charge in [0.25, 0.3) is 5.92 Å². The van der Waals surface area contributed by atoms with Crippen LogP contribution >= 0.6 is 11.3 Å². The molecule has 1 saturated carbocycles. The van der Waals surface area contributed by atoms with Gasteiger partial charge in [0, 0.05) is 19.9 Å². The number of amides is 1. The van der Waals surface area contributed by atoms with Crippen LogP contribution in [-0.2, 0) is 15.5 Å². The second-order valence-electron chi connectivity index (χ2n) is 7.24. The number of hydrogen-bond donors (Lipinski definition) is 1. The SMILES string of the molecule is CC(=O)N[C@@H](C)COC1CC(COc2ccc3nc(C(C)(F)F)sc3c2)C1. The van der Waals surface area contributed by atoms with E-state index < -0.39 is 5.92 Å². The maximum Gasteiger partial charge on any atom is 0.296 e. The lowest BCUT2D eigenvalue weighted by atomic mass is 9.83. The van der Waals surface area contributed by atoms with Gasteiger partial charge in [0.1, 0.15) is 5.75 Å². The van der Waals surface area contributed by atoms with Crippen molar-refractivity contribution in [3.8, 4) is 5.75 Å². The molecule has 0 unspecified atom stereocenters. The molecule has 1 atom stereocenters. The number of rotatable bonds is 8. The van der Waals surface area contributed by atoms with Gasteiger partial charge in [0.2, 0.25) is 5.91 Å². The Balaban J connectivity index is 1.43. The smallest absolute Gasteiger partial charge is 0.296 e. The molecule has 1 heterocycles. The molecule has 1 amide bonds. The molecule has 0 bridgehead atoms. The molecule has 2 aromatic rings. The fourth-order valence-corrected chi connectivity index (χ4v) is 3.94. The predicted molar refractivity (Wildman–Crippen MR) is 100 cm³/mol. The Hall–Kier alpha value is -1.80. The van der Waals surface area contributed by atoms with E-state index in [4.69, 9.17) is 9.47 Å². The van der Waals surface area contributed by atoms with Crippen molar-refractivity contribution in [2.45, 2.75) is 51.7 Å². The Bertz CT molecular complexity index is 800. The Kier molecular flexibility index (Phi) is 5.95. The predicted octanol–water partition coefficient (Wildman–Crippen LogP) is 4.11. The number of aromatic nitrogens is 1. The van der Waals surface area contributed by atoms with E-state index in [2.05, 4.69) is 10.3 Å². The van der Waals surface area contributed by atoms with E-state index >= 15 is 0 Å². The van der Waals surface area contributed by atoms with Gasteiger partial charge < -0.3 is 14.8 Å². The van der Waals surface area contributed by atoms with Crippen LogP contribution in [0.25, 0.3) is 10.2 Å². The number of alkyl halides is 2. The third-order valence-electron chi connectivity index (χ3n) is 4.45. The van der Waals surface area contributed by atoms with Crippen LogP contribution < -0.4 is 10.1 Å². The summed E-state index contributed by atoms with van der Waals surface area (Å²) in [6.45, 7) is 5.34. The van der Waals surface area contributed by atoms with Crippen molar-refractivity contribution < 1.29 is 23.0 Å². The molecule has 0 aliphatic heterocycles. The summed E-state index contributed by atoms with van der Waals surface area (Å²) in [6.07, 6.45) is 2.04. The maximum absolute atomic E-state index is 13.4. The van der Waals surface area contributed by atoms with Crippen LogP contribution in [0.3, 0.4) is 0 Å². The number of thiazole rings is 1. The van der Waals surface area contributed by atoms with E-state index in [9.17, 15) is 13.6 Å². The highest BCUT2D eigenvalue weighted by Gasteiger charge is 2.31. The number of nitrogens with zero attached hydrogens (tertiary/aromatic N) is 1. The zero-order valence-corrected chi connectivity index (χ0v) is 16.4. The van der Waals surface area contributed by atoms with Gasteiger partial charge in [-0.15, -0.1) is 11.3 Å². The van der Waals surface area contributed by atoms with Gasteiger partial charge in [-0.25, -0.2) is 4.98 Å². The van der Waals surface area contributed by atoms with E-state index in [-0.39, 0.29) is 23.1 Å². The summed E-state index contributed by atoms with van der Waals surface area (Å²) in [6, 6.07) is 5.25. The Morgan fingerprint density at radius 1 is 1.44 bits per heavy atom. The average Bonchev–Trinajstić information content (AvgIpc) is 2.95. The standard InChI is InChI=1S/C19H24F2N2O3S/c1-11(22-12(2)24)9-25-15-6-13(7-15)10-26-14-4-5-16-17(8-14)27-18(23-16)19(3,20)21/h4-5,8,11,13,15H,6-7,9-10H2,1-3H3,(H,22,24)/t11-,13?,15?/m0/s1. The van der Waals surface area contributed by atoms with Crippen LogP contribution in [0.5, 0.6) is 5.75 Å². The molecule has 1 fully saturated rings. The summed E-state index contributed by atoms with van der Waals surface area (Å²) < 4.78 is 39.1. The Labute approximate surface area is 161 Å². The molecule has 1 aliphatic rings. The van der Waals surface area contributed by atoms with E-state index in [1.807, 2.05) is 6.92 Å². The van der Waals surface area contributed by atoms with Gasteiger partial charge in [-0.1, -0.05) is 0 Å². The summed E-state index contributed by atoms with van der Waals surface area (Å²) in [5.41, 5.74) is 0.564. The lowest BCUT2D eigenvalue weighted by Gasteiger charge is -2.35. The first kappa shape index (κ1) is 19.9. The highest BCUT2D eigenvalue weighted by atomic mass is 32.1. The first-order valence-electron chi connectivity index (χ1n) is 9.01. The monoisotopic (exact) mass is 398 g/mol. The number of benzene rings is 1. The van der Waals surface area contributed by atoms with Gasteiger partial charge in [-0.2, -0.15) is 8.78 Å². The summed E-state index contributed by atoms with van der Waals surface area (Å²) in [5.74, 6) is -1.90. The minimum Gasteiger partial charge on any atom is -0.493 e. The van der Waals surface area contributed by atoms with Gasteiger partial charge in [-0.3, -0.25) is 4.79 Å². The van der Waals surface area contributed by atoms with E-state index in [1.165, 1.54) is 6.92 Å². The minimum absolute atomic E-state index is 0.00400. The highest BCUT2D eigenvalue weighted by Crippen LogP contribution is 2.36. The Morgan fingerprint density at radius 2 is 2.19 bits per heavy atom. The van der Waals surface area contributed by atoms with E-state index in [0.29, 0.717) is 35.1 Å². The van der Waals surface area contributed by atoms with Crippen LogP contribution in [-0.4, -0.2) is 36.3 Å². The third-order valence-corrected chi connectivity index (χ3v) is 5.64. The number of halogens is 2. The van der Waals surface area contributed by atoms with Gasteiger partial charge >= 0.3 is 0 Å². The summed E-state index contributed by atoms with van der Waals surface area (Å²) in [4.78, 5) is 14.9. The molecule has 8 heteroatoms. The second-order valence-corrected chi connectivity index (χ2v) is 8.27. The first-order valence-corrected chi connectivity index (χ1v) is 9.82. The summed E-state index contributed by atoms with van der Waals surface area (Å²) >= 11 is 0.995. The number of fused-ring (bicyclic) bond motifs is 1. The van der Waals surface area contributed by atoms with Crippen LogP contribution in [0.1, 0.15) is 38.6 Å². The van der Waals surface area contributed by atoms with Crippen molar-refractivity contribution in [1.29, 1.82) is 0 Å². The summed E-state index contributed by atoms with van der Waals surface area (Å²) in [7, 11) is 0. The van der Waals surface area contributed by atoms with Crippen molar-refractivity contribution in [2.24, 2.45) is 5.92 Å². The number of carbonyl (C=O) groups excluding carboxylic acids is 1. The number of hydrogen-bond acceptors (Lipinski definition) is 5. The largest absolute Gasteiger partial charge is 0.493 e. The fraction of sp³-hybridized carbons (Fsp3) is 0.579. The molecule has 0 radical (unpaired) electrons. The van der Waals surface area contributed by atoms with E-state index in [1.54, 1.807) is 18.2 Å². The number of ether oxygens (including phenoxy) is 2. The number of nitrogens with one attached hydrogen (secondary N) is 1. The van der Waals surface area contributed by atoms with Crippen molar-refractivity contribution in [3.63, 3.8) is 0 Å². The second kappa shape index (κ2) is 8.06. The maximum atomic E-state index is 13.4. The summed E-state index contributed by atoms with van der Waals surface area (Å²) in [5, 5.41) is 2.61. The van der Waals surface area contributed by atoms with Gasteiger partial charge in [-0.05, 0) is 43.9 Å². The fourth-order valence-electron chi connectivity index (χ4n) is 3.01. The highest BCUT2D eigenvalue weighted by molar-refractivity contribution is 7.18. The molecular formula is C19H24F2N2O3S. The molecule has 0 spiro atoms. The Morgan fingerprint density at radius 3 is 2.85 bits per heavy atom.